The Labute approximate surface area is 165 Å². The largest absolute Gasteiger partial charge is 0.472 e. The van der Waals surface area contributed by atoms with Crippen molar-refractivity contribution < 1.29 is 13.5 Å². The van der Waals surface area contributed by atoms with Crippen LogP contribution in [0.5, 0.6) is 5.88 Å². The second kappa shape index (κ2) is 7.51. The van der Waals surface area contributed by atoms with Crippen LogP contribution in [0.1, 0.15) is 11.1 Å². The molecule has 0 bridgehead atoms. The molecule has 0 aliphatic rings. The predicted octanol–water partition coefficient (Wildman–Crippen LogP) is 3.79. The predicted molar refractivity (Wildman–Crippen MR) is 102 cm³/mol. The number of benzene rings is 2. The van der Waals surface area contributed by atoms with E-state index in [0.717, 1.165) is 28.6 Å². The molecule has 0 saturated heterocycles. The zero-order valence-corrected chi connectivity index (χ0v) is 15.9. The van der Waals surface area contributed by atoms with Gasteiger partial charge in [-0.1, -0.05) is 6.07 Å². The van der Waals surface area contributed by atoms with Gasteiger partial charge in [-0.3, -0.25) is 14.5 Å². The van der Waals surface area contributed by atoms with Crippen molar-refractivity contribution >= 4 is 26.8 Å². The minimum absolute atomic E-state index is 0.0373. The Morgan fingerprint density at radius 2 is 2.04 bits per heavy atom. The lowest BCUT2D eigenvalue weighted by Crippen LogP contribution is -2.22. The van der Waals surface area contributed by atoms with Crippen molar-refractivity contribution in [2.24, 2.45) is 0 Å². The van der Waals surface area contributed by atoms with Gasteiger partial charge in [0, 0.05) is 17.0 Å². The number of nitrogens with zero attached hydrogens (tertiary/aromatic N) is 3. The highest BCUT2D eigenvalue weighted by molar-refractivity contribution is 9.10. The number of rotatable bonds is 5. The zero-order valence-electron chi connectivity index (χ0n) is 14.3. The maximum Gasteiger partial charge on any atom is 0.271 e. The standard InChI is InChI=1S/C19H13BrF2N4O2/c20-17-18(28-9-12-2-3-14(21)6-15(12)22)23-10-26(19(17)27)8-11-1-4-16-13(5-11)7-24-25-16/h1-7,10H,8-9H2,(H,24,25). The molecule has 0 aliphatic heterocycles. The first-order valence-corrected chi connectivity index (χ1v) is 9.04. The summed E-state index contributed by atoms with van der Waals surface area (Å²) in [5.74, 6) is -1.36. The molecule has 0 unspecified atom stereocenters. The summed E-state index contributed by atoms with van der Waals surface area (Å²) in [6.07, 6.45) is 3.07. The topological polar surface area (TPSA) is 72.8 Å². The van der Waals surface area contributed by atoms with Crippen LogP contribution in [0.2, 0.25) is 0 Å². The van der Waals surface area contributed by atoms with E-state index in [1.54, 1.807) is 6.20 Å². The van der Waals surface area contributed by atoms with E-state index in [9.17, 15) is 13.6 Å². The number of ether oxygens (including phenoxy) is 1. The van der Waals surface area contributed by atoms with E-state index >= 15 is 0 Å². The second-order valence-electron chi connectivity index (χ2n) is 6.11. The molecule has 142 valence electrons. The first-order valence-electron chi connectivity index (χ1n) is 8.25. The fraction of sp³-hybridized carbons (Fsp3) is 0.105. The summed E-state index contributed by atoms with van der Waals surface area (Å²) in [5.41, 5.74) is 1.64. The number of hydrogen-bond acceptors (Lipinski definition) is 4. The average Bonchev–Trinajstić information content (AvgIpc) is 3.14. The van der Waals surface area contributed by atoms with Crippen LogP contribution < -0.4 is 10.3 Å². The molecule has 2 heterocycles. The zero-order chi connectivity index (χ0) is 19.7. The molecule has 0 radical (unpaired) electrons. The SMILES string of the molecule is O=c1c(Br)c(OCc2ccc(F)cc2F)ncn1Cc1ccc2[nH]ncc2c1. The van der Waals surface area contributed by atoms with E-state index in [1.165, 1.54) is 17.0 Å². The van der Waals surface area contributed by atoms with Crippen molar-refractivity contribution in [1.82, 2.24) is 19.7 Å². The van der Waals surface area contributed by atoms with Gasteiger partial charge < -0.3 is 4.74 Å². The molecule has 6 nitrogen and oxygen atoms in total. The van der Waals surface area contributed by atoms with E-state index in [1.807, 2.05) is 18.2 Å². The molecule has 2 aromatic carbocycles. The smallest absolute Gasteiger partial charge is 0.271 e. The van der Waals surface area contributed by atoms with Crippen molar-refractivity contribution in [1.29, 1.82) is 0 Å². The van der Waals surface area contributed by atoms with Crippen molar-refractivity contribution in [2.45, 2.75) is 13.2 Å². The Balaban J connectivity index is 1.53. The minimum Gasteiger partial charge on any atom is -0.472 e. The lowest BCUT2D eigenvalue weighted by molar-refractivity contribution is 0.283. The molecule has 0 spiro atoms. The van der Waals surface area contributed by atoms with Crippen LogP contribution in [0.3, 0.4) is 0 Å². The van der Waals surface area contributed by atoms with E-state index < -0.39 is 11.6 Å². The molecule has 4 rings (SSSR count). The first-order chi connectivity index (χ1) is 13.5. The van der Waals surface area contributed by atoms with Crippen LogP contribution in [0.25, 0.3) is 10.9 Å². The lowest BCUT2D eigenvalue weighted by atomic mass is 10.1. The molecule has 28 heavy (non-hydrogen) atoms. The van der Waals surface area contributed by atoms with E-state index in [4.69, 9.17) is 4.74 Å². The molecule has 0 aliphatic carbocycles. The first kappa shape index (κ1) is 18.3. The molecule has 2 aromatic heterocycles. The normalized spacial score (nSPS) is 11.1. The Bertz CT molecular complexity index is 1220. The van der Waals surface area contributed by atoms with Gasteiger partial charge in [0.05, 0.1) is 18.3 Å². The van der Waals surface area contributed by atoms with Gasteiger partial charge in [0.15, 0.2) is 0 Å². The van der Waals surface area contributed by atoms with Crippen LogP contribution in [0.4, 0.5) is 8.78 Å². The van der Waals surface area contributed by atoms with Crippen LogP contribution >= 0.6 is 15.9 Å². The number of halogens is 3. The van der Waals surface area contributed by atoms with Crippen molar-refractivity contribution in [2.75, 3.05) is 0 Å². The summed E-state index contributed by atoms with van der Waals surface area (Å²) in [6.45, 7) is 0.136. The molecular formula is C19H13BrF2N4O2. The fourth-order valence-electron chi connectivity index (χ4n) is 2.73. The highest BCUT2D eigenvalue weighted by Gasteiger charge is 2.13. The van der Waals surface area contributed by atoms with Crippen LogP contribution in [-0.4, -0.2) is 19.7 Å². The minimum atomic E-state index is -0.723. The fourth-order valence-corrected chi connectivity index (χ4v) is 3.18. The van der Waals surface area contributed by atoms with Crippen molar-refractivity contribution in [3.05, 3.63) is 86.5 Å². The number of H-pyrrole nitrogens is 1. The number of aromatic amines is 1. The van der Waals surface area contributed by atoms with Crippen molar-refractivity contribution in [3.8, 4) is 5.88 Å². The third-order valence-electron chi connectivity index (χ3n) is 4.19. The molecule has 0 amide bonds. The molecule has 0 fully saturated rings. The second-order valence-corrected chi connectivity index (χ2v) is 6.91. The summed E-state index contributed by atoms with van der Waals surface area (Å²) in [6, 6.07) is 8.91. The Kier molecular flexibility index (Phi) is 4.91. The highest BCUT2D eigenvalue weighted by atomic mass is 79.9. The third kappa shape index (κ3) is 3.65. The van der Waals surface area contributed by atoms with Gasteiger partial charge >= 0.3 is 0 Å². The van der Waals surface area contributed by atoms with Gasteiger partial charge in [0.25, 0.3) is 5.56 Å². The average molecular weight is 447 g/mol. The third-order valence-corrected chi connectivity index (χ3v) is 4.87. The monoisotopic (exact) mass is 446 g/mol. The van der Waals surface area contributed by atoms with Gasteiger partial charge in [-0.05, 0) is 45.8 Å². The van der Waals surface area contributed by atoms with E-state index in [0.29, 0.717) is 6.54 Å². The quantitative estimate of drug-likeness (QED) is 0.506. The molecule has 9 heteroatoms. The molecule has 1 N–H and O–H groups in total. The van der Waals surface area contributed by atoms with Crippen molar-refractivity contribution in [3.63, 3.8) is 0 Å². The summed E-state index contributed by atoms with van der Waals surface area (Å²) in [5, 5.41) is 7.79. The summed E-state index contributed by atoms with van der Waals surface area (Å²) < 4.78 is 33.7. The van der Waals surface area contributed by atoms with Gasteiger partial charge in [-0.2, -0.15) is 5.10 Å². The number of nitrogens with one attached hydrogen (secondary N) is 1. The summed E-state index contributed by atoms with van der Waals surface area (Å²) >= 11 is 3.19. The Morgan fingerprint density at radius 3 is 2.86 bits per heavy atom. The number of fused-ring (bicyclic) bond motifs is 1. The lowest BCUT2D eigenvalue weighted by Gasteiger charge is -2.11. The molecular weight excluding hydrogens is 434 g/mol. The van der Waals surface area contributed by atoms with Crippen LogP contribution in [-0.2, 0) is 13.2 Å². The summed E-state index contributed by atoms with van der Waals surface area (Å²) in [7, 11) is 0. The maximum atomic E-state index is 13.7. The Morgan fingerprint density at radius 1 is 1.18 bits per heavy atom. The van der Waals surface area contributed by atoms with Gasteiger partial charge in [0.1, 0.15) is 29.0 Å². The van der Waals surface area contributed by atoms with E-state index in [-0.39, 0.29) is 28.1 Å². The van der Waals surface area contributed by atoms with Crippen LogP contribution in [0, 0.1) is 11.6 Å². The number of hydrogen-bond donors (Lipinski definition) is 1. The summed E-state index contributed by atoms with van der Waals surface area (Å²) in [4.78, 5) is 16.7. The van der Waals surface area contributed by atoms with Gasteiger partial charge in [-0.25, -0.2) is 13.8 Å². The molecule has 0 atom stereocenters. The maximum absolute atomic E-state index is 13.7. The Hall–Kier alpha value is -3.07. The highest BCUT2D eigenvalue weighted by Crippen LogP contribution is 2.20. The van der Waals surface area contributed by atoms with E-state index in [2.05, 4.69) is 31.1 Å². The number of aromatic nitrogens is 4. The molecule has 0 saturated carbocycles. The van der Waals surface area contributed by atoms with Crippen LogP contribution in [0.15, 0.2) is 58.2 Å². The van der Waals surface area contributed by atoms with Gasteiger partial charge in [-0.15, -0.1) is 0 Å². The van der Waals surface area contributed by atoms with Gasteiger partial charge in [0.2, 0.25) is 5.88 Å². The molecule has 4 aromatic rings.